The molecule has 7 heteroatoms. The number of hydrogen-bond acceptors (Lipinski definition) is 4. The SMILES string of the molecule is Cc1cc(C(C)C)c(NC(=O)NS(=O)(=O)Cc2ccc(C)nc2)c(C(C)C)c1. The minimum atomic E-state index is -3.84. The molecule has 1 aromatic heterocycles. The first kappa shape index (κ1) is 21.9. The van der Waals surface area contributed by atoms with Crippen LogP contribution in [0.3, 0.4) is 0 Å². The Kier molecular flexibility index (Phi) is 6.82. The van der Waals surface area contributed by atoms with Crippen LogP contribution in [0.5, 0.6) is 0 Å². The molecule has 0 saturated heterocycles. The Labute approximate surface area is 167 Å². The molecule has 2 amide bonds. The summed E-state index contributed by atoms with van der Waals surface area (Å²) in [7, 11) is -3.84. The molecule has 6 nitrogen and oxygen atoms in total. The summed E-state index contributed by atoms with van der Waals surface area (Å²) in [6, 6.07) is 6.72. The highest BCUT2D eigenvalue weighted by Gasteiger charge is 2.20. The molecule has 0 saturated carbocycles. The number of aromatic nitrogens is 1. The number of sulfonamides is 1. The molecule has 0 fully saturated rings. The molecule has 0 unspecified atom stereocenters. The summed E-state index contributed by atoms with van der Waals surface area (Å²) >= 11 is 0. The van der Waals surface area contributed by atoms with E-state index >= 15 is 0 Å². The van der Waals surface area contributed by atoms with Gasteiger partial charge in [-0.15, -0.1) is 0 Å². The Balaban J connectivity index is 2.23. The van der Waals surface area contributed by atoms with Gasteiger partial charge in [-0.1, -0.05) is 51.5 Å². The molecule has 0 atom stereocenters. The molecule has 2 rings (SSSR count). The number of amides is 2. The van der Waals surface area contributed by atoms with Crippen molar-refractivity contribution < 1.29 is 13.2 Å². The zero-order valence-electron chi connectivity index (χ0n) is 17.3. The molecule has 2 aromatic rings. The maximum atomic E-state index is 12.5. The summed E-state index contributed by atoms with van der Waals surface area (Å²) in [4.78, 5) is 16.6. The van der Waals surface area contributed by atoms with Gasteiger partial charge in [0.15, 0.2) is 0 Å². The Bertz CT molecular complexity index is 920. The number of nitrogens with one attached hydrogen (secondary N) is 2. The summed E-state index contributed by atoms with van der Waals surface area (Å²) in [5, 5.41) is 2.78. The van der Waals surface area contributed by atoms with E-state index in [1.165, 1.54) is 6.20 Å². The van der Waals surface area contributed by atoms with E-state index in [4.69, 9.17) is 0 Å². The van der Waals surface area contributed by atoms with Crippen molar-refractivity contribution in [2.24, 2.45) is 0 Å². The van der Waals surface area contributed by atoms with Crippen molar-refractivity contribution in [1.29, 1.82) is 0 Å². The van der Waals surface area contributed by atoms with Crippen LogP contribution in [0.1, 0.15) is 67.5 Å². The third-order valence-corrected chi connectivity index (χ3v) is 5.61. The van der Waals surface area contributed by atoms with Gasteiger partial charge in [-0.2, -0.15) is 0 Å². The molecule has 1 aromatic carbocycles. The fourth-order valence-corrected chi connectivity index (χ4v) is 4.03. The molecule has 0 bridgehead atoms. The van der Waals surface area contributed by atoms with Crippen molar-refractivity contribution in [2.45, 2.75) is 59.1 Å². The van der Waals surface area contributed by atoms with Gasteiger partial charge in [0.2, 0.25) is 10.0 Å². The van der Waals surface area contributed by atoms with Crippen LogP contribution >= 0.6 is 0 Å². The first-order valence-corrected chi connectivity index (χ1v) is 11.0. The maximum absolute atomic E-state index is 12.5. The van der Waals surface area contributed by atoms with Gasteiger partial charge in [0.05, 0.1) is 5.75 Å². The Hall–Kier alpha value is -2.41. The molecule has 1 heterocycles. The quantitative estimate of drug-likeness (QED) is 0.738. The maximum Gasteiger partial charge on any atom is 0.332 e. The molecular weight excluding hydrogens is 374 g/mol. The largest absolute Gasteiger partial charge is 0.332 e. The number of aryl methyl sites for hydroxylation is 2. The molecule has 0 aliphatic heterocycles. The van der Waals surface area contributed by atoms with Crippen molar-refractivity contribution in [3.63, 3.8) is 0 Å². The van der Waals surface area contributed by atoms with Crippen molar-refractivity contribution in [1.82, 2.24) is 9.71 Å². The first-order chi connectivity index (χ1) is 13.0. The van der Waals surface area contributed by atoms with Gasteiger partial charge in [-0.3, -0.25) is 4.98 Å². The van der Waals surface area contributed by atoms with E-state index in [2.05, 4.69) is 15.0 Å². The Morgan fingerprint density at radius 1 is 1.04 bits per heavy atom. The van der Waals surface area contributed by atoms with Crippen LogP contribution in [0, 0.1) is 13.8 Å². The van der Waals surface area contributed by atoms with Crippen LogP contribution in [-0.4, -0.2) is 19.4 Å². The van der Waals surface area contributed by atoms with E-state index in [0.29, 0.717) is 11.3 Å². The Morgan fingerprint density at radius 3 is 2.07 bits per heavy atom. The summed E-state index contributed by atoms with van der Waals surface area (Å²) in [5.41, 5.74) is 5.08. The van der Waals surface area contributed by atoms with Crippen LogP contribution in [0.15, 0.2) is 30.5 Å². The van der Waals surface area contributed by atoms with Gasteiger partial charge < -0.3 is 5.32 Å². The second kappa shape index (κ2) is 8.73. The average Bonchev–Trinajstić information content (AvgIpc) is 2.57. The number of carbonyl (C=O) groups is 1. The minimum absolute atomic E-state index is 0.183. The number of nitrogens with zero attached hydrogens (tertiary/aromatic N) is 1. The van der Waals surface area contributed by atoms with Gasteiger partial charge in [0.1, 0.15) is 0 Å². The van der Waals surface area contributed by atoms with Gasteiger partial charge in [0, 0.05) is 17.6 Å². The van der Waals surface area contributed by atoms with Gasteiger partial charge in [0.25, 0.3) is 0 Å². The minimum Gasteiger partial charge on any atom is -0.307 e. The predicted octanol–water partition coefficient (Wildman–Crippen LogP) is 4.60. The van der Waals surface area contributed by atoms with Crippen molar-refractivity contribution in [3.05, 3.63) is 58.4 Å². The van der Waals surface area contributed by atoms with Gasteiger partial charge >= 0.3 is 6.03 Å². The number of hydrogen-bond donors (Lipinski definition) is 2. The van der Waals surface area contributed by atoms with Gasteiger partial charge in [-0.05, 0) is 48.4 Å². The number of pyridine rings is 1. The second-order valence-electron chi connectivity index (χ2n) is 7.75. The van der Waals surface area contributed by atoms with Crippen LogP contribution < -0.4 is 10.0 Å². The van der Waals surface area contributed by atoms with Crippen molar-refractivity contribution >= 4 is 21.7 Å². The number of urea groups is 1. The topological polar surface area (TPSA) is 88.2 Å². The van der Waals surface area contributed by atoms with Crippen LogP contribution in [0.2, 0.25) is 0 Å². The lowest BCUT2D eigenvalue weighted by Gasteiger charge is -2.21. The zero-order valence-corrected chi connectivity index (χ0v) is 18.1. The summed E-state index contributed by atoms with van der Waals surface area (Å²) in [5.74, 6) is 0.0567. The van der Waals surface area contributed by atoms with Crippen LogP contribution in [0.25, 0.3) is 0 Å². The third kappa shape index (κ3) is 5.79. The number of carbonyl (C=O) groups excluding carboxylic acids is 1. The predicted molar refractivity (Wildman–Crippen MR) is 113 cm³/mol. The molecule has 0 radical (unpaired) electrons. The molecule has 0 aliphatic carbocycles. The Morgan fingerprint density at radius 2 is 1.61 bits per heavy atom. The number of anilines is 1. The van der Waals surface area contributed by atoms with E-state index < -0.39 is 16.1 Å². The molecule has 2 N–H and O–H groups in total. The fourth-order valence-electron chi connectivity index (χ4n) is 3.02. The number of benzene rings is 1. The number of rotatable bonds is 6. The summed E-state index contributed by atoms with van der Waals surface area (Å²) in [6.07, 6.45) is 1.50. The lowest BCUT2D eigenvalue weighted by molar-refractivity contribution is 0.256. The summed E-state index contributed by atoms with van der Waals surface area (Å²) in [6.45, 7) is 12.0. The van der Waals surface area contributed by atoms with E-state index in [-0.39, 0.29) is 17.6 Å². The van der Waals surface area contributed by atoms with Crippen LogP contribution in [0.4, 0.5) is 10.5 Å². The standard InChI is InChI=1S/C21H29N3O3S/c1-13(2)18-9-15(5)10-19(14(3)4)20(18)23-21(25)24-28(26,27)12-17-8-7-16(6)22-11-17/h7-11,13-14H,12H2,1-6H3,(H2,23,24,25). The third-order valence-electron chi connectivity index (χ3n) is 4.40. The lowest BCUT2D eigenvalue weighted by atomic mass is 9.90. The average molecular weight is 404 g/mol. The highest BCUT2D eigenvalue weighted by Crippen LogP contribution is 2.33. The van der Waals surface area contributed by atoms with E-state index in [0.717, 1.165) is 22.4 Å². The first-order valence-electron chi connectivity index (χ1n) is 9.36. The molecule has 28 heavy (non-hydrogen) atoms. The smallest absolute Gasteiger partial charge is 0.307 e. The molecular formula is C21H29N3O3S. The zero-order chi connectivity index (χ0) is 21.1. The van der Waals surface area contributed by atoms with Crippen molar-refractivity contribution in [3.8, 4) is 0 Å². The molecule has 152 valence electrons. The molecule has 0 aliphatic rings. The molecule has 0 spiro atoms. The monoisotopic (exact) mass is 403 g/mol. The summed E-state index contributed by atoms with van der Waals surface area (Å²) < 4.78 is 26.9. The van der Waals surface area contributed by atoms with E-state index in [1.807, 2.05) is 53.7 Å². The lowest BCUT2D eigenvalue weighted by Crippen LogP contribution is -2.35. The van der Waals surface area contributed by atoms with E-state index in [1.54, 1.807) is 12.1 Å². The highest BCUT2D eigenvalue weighted by atomic mass is 32.2. The second-order valence-corrected chi connectivity index (χ2v) is 9.47. The van der Waals surface area contributed by atoms with Crippen LogP contribution in [-0.2, 0) is 15.8 Å². The van der Waals surface area contributed by atoms with Crippen molar-refractivity contribution in [2.75, 3.05) is 5.32 Å². The fraction of sp³-hybridized carbons (Fsp3) is 0.429. The normalized spacial score (nSPS) is 11.7. The van der Waals surface area contributed by atoms with Gasteiger partial charge in [-0.25, -0.2) is 17.9 Å². The van der Waals surface area contributed by atoms with E-state index in [9.17, 15) is 13.2 Å². The highest BCUT2D eigenvalue weighted by molar-refractivity contribution is 7.89.